The lowest BCUT2D eigenvalue weighted by atomic mass is 9.93. The van der Waals surface area contributed by atoms with Crippen LogP contribution in [0, 0.1) is 5.92 Å². The quantitative estimate of drug-likeness (QED) is 0.505. The molecule has 0 N–H and O–H groups in total. The molecule has 2 aliphatic heterocycles. The van der Waals surface area contributed by atoms with Crippen molar-refractivity contribution in [2.24, 2.45) is 5.92 Å². The average molecular weight is 154 g/mol. The number of likely N-dealkylation sites (N-methyl/N-ethyl adjacent to an activating group) is 2. The second-order valence-electron chi connectivity index (χ2n) is 4.15. The third kappa shape index (κ3) is 1.30. The monoisotopic (exact) mass is 154 g/mol. The maximum Gasteiger partial charge on any atom is 0.0249 e. The van der Waals surface area contributed by atoms with E-state index < -0.39 is 0 Å². The summed E-state index contributed by atoms with van der Waals surface area (Å²) in [5.41, 5.74) is 0. The molecule has 0 unspecified atom stereocenters. The summed E-state index contributed by atoms with van der Waals surface area (Å²) in [6, 6.07) is 0.869. The van der Waals surface area contributed by atoms with Gasteiger partial charge in [0.25, 0.3) is 0 Å². The Morgan fingerprint density at radius 1 is 1.09 bits per heavy atom. The van der Waals surface area contributed by atoms with Gasteiger partial charge in [0.1, 0.15) is 0 Å². The molecule has 11 heavy (non-hydrogen) atoms. The van der Waals surface area contributed by atoms with Gasteiger partial charge >= 0.3 is 0 Å². The van der Waals surface area contributed by atoms with Gasteiger partial charge in [-0.05, 0) is 45.9 Å². The molecule has 0 saturated carbocycles. The summed E-state index contributed by atoms with van der Waals surface area (Å²) < 4.78 is 0. The second-order valence-corrected chi connectivity index (χ2v) is 4.15. The Kier molecular flexibility index (Phi) is 1.90. The third-order valence-corrected chi connectivity index (χ3v) is 3.34. The van der Waals surface area contributed by atoms with E-state index in [9.17, 15) is 0 Å². The maximum absolute atomic E-state index is 2.53. The lowest BCUT2D eigenvalue weighted by Crippen LogP contribution is -2.45. The molecule has 0 radical (unpaired) electrons. The number of nitrogens with zero attached hydrogens (tertiary/aromatic N) is 2. The van der Waals surface area contributed by atoms with Gasteiger partial charge in [-0.3, -0.25) is 0 Å². The van der Waals surface area contributed by atoms with Crippen LogP contribution in [0.2, 0.25) is 0 Å². The summed E-state index contributed by atoms with van der Waals surface area (Å²) in [4.78, 5) is 4.99. The number of hydrogen-bond acceptors (Lipinski definition) is 2. The molecular weight excluding hydrogens is 136 g/mol. The van der Waals surface area contributed by atoms with Crippen LogP contribution in [0.3, 0.4) is 0 Å². The zero-order chi connectivity index (χ0) is 7.84. The number of likely N-dealkylation sites (tertiary alicyclic amines) is 2. The van der Waals surface area contributed by atoms with E-state index in [2.05, 4.69) is 23.9 Å². The van der Waals surface area contributed by atoms with E-state index >= 15 is 0 Å². The first-order chi connectivity index (χ1) is 5.27. The first kappa shape index (κ1) is 7.56. The Morgan fingerprint density at radius 2 is 1.82 bits per heavy atom. The molecule has 0 aromatic carbocycles. The first-order valence-corrected chi connectivity index (χ1v) is 4.66. The predicted octanol–water partition coefficient (Wildman–Crippen LogP) is 0.642. The fourth-order valence-electron chi connectivity index (χ4n) is 2.51. The van der Waals surface area contributed by atoms with Crippen molar-refractivity contribution in [1.82, 2.24) is 9.80 Å². The van der Waals surface area contributed by atoms with Crippen molar-refractivity contribution < 1.29 is 0 Å². The minimum absolute atomic E-state index is 0.869. The van der Waals surface area contributed by atoms with Gasteiger partial charge in [0, 0.05) is 12.6 Å². The molecule has 0 aromatic rings. The molecule has 64 valence electrons. The normalized spacial score (nSPS) is 40.9. The summed E-state index contributed by atoms with van der Waals surface area (Å²) in [5, 5.41) is 0. The fourth-order valence-corrected chi connectivity index (χ4v) is 2.51. The number of piperidine rings is 1. The number of rotatable bonds is 0. The molecule has 0 aliphatic carbocycles. The molecule has 2 heterocycles. The smallest absolute Gasteiger partial charge is 0.0249 e. The molecule has 2 nitrogen and oxygen atoms in total. The van der Waals surface area contributed by atoms with Crippen LogP contribution in [0.25, 0.3) is 0 Å². The maximum atomic E-state index is 2.53. The SMILES string of the molecule is CN1CC[C@@H]2CCN(C)[C@@H]2C1. The van der Waals surface area contributed by atoms with Crippen molar-refractivity contribution in [2.45, 2.75) is 18.9 Å². The van der Waals surface area contributed by atoms with Crippen LogP contribution >= 0.6 is 0 Å². The second kappa shape index (κ2) is 2.76. The zero-order valence-corrected chi connectivity index (χ0v) is 7.58. The topological polar surface area (TPSA) is 6.48 Å². The molecule has 0 amide bonds. The minimum Gasteiger partial charge on any atom is -0.305 e. The molecule has 2 saturated heterocycles. The van der Waals surface area contributed by atoms with Gasteiger partial charge in [0.15, 0.2) is 0 Å². The van der Waals surface area contributed by atoms with Crippen molar-refractivity contribution in [2.75, 3.05) is 33.7 Å². The summed E-state index contributed by atoms with van der Waals surface area (Å²) >= 11 is 0. The van der Waals surface area contributed by atoms with Crippen molar-refractivity contribution >= 4 is 0 Å². The number of hydrogen-bond donors (Lipinski definition) is 0. The molecular formula is C9H18N2. The molecule has 0 aromatic heterocycles. The molecule has 2 atom stereocenters. The van der Waals surface area contributed by atoms with Crippen molar-refractivity contribution in [3.63, 3.8) is 0 Å². The largest absolute Gasteiger partial charge is 0.305 e. The van der Waals surface area contributed by atoms with E-state index in [4.69, 9.17) is 0 Å². The van der Waals surface area contributed by atoms with Crippen LogP contribution in [0.4, 0.5) is 0 Å². The van der Waals surface area contributed by atoms with Crippen LogP contribution in [0.15, 0.2) is 0 Å². The van der Waals surface area contributed by atoms with Gasteiger partial charge in [0.05, 0.1) is 0 Å². The summed E-state index contributed by atoms with van der Waals surface area (Å²) in [6.45, 7) is 3.93. The molecule has 2 heteroatoms. The van der Waals surface area contributed by atoms with Crippen LogP contribution in [-0.2, 0) is 0 Å². The lowest BCUT2D eigenvalue weighted by molar-refractivity contribution is 0.140. The van der Waals surface area contributed by atoms with E-state index in [0.717, 1.165) is 12.0 Å². The lowest BCUT2D eigenvalue weighted by Gasteiger charge is -2.35. The van der Waals surface area contributed by atoms with E-state index in [-0.39, 0.29) is 0 Å². The third-order valence-electron chi connectivity index (χ3n) is 3.34. The predicted molar refractivity (Wildman–Crippen MR) is 46.6 cm³/mol. The molecule has 2 fully saturated rings. The van der Waals surface area contributed by atoms with Gasteiger partial charge in [-0.1, -0.05) is 0 Å². The Labute approximate surface area is 69.2 Å². The Morgan fingerprint density at radius 3 is 2.64 bits per heavy atom. The molecule has 0 spiro atoms. The van der Waals surface area contributed by atoms with Crippen molar-refractivity contribution in [1.29, 1.82) is 0 Å². The van der Waals surface area contributed by atoms with E-state index in [1.54, 1.807) is 0 Å². The number of fused-ring (bicyclic) bond motifs is 1. The van der Waals surface area contributed by atoms with Crippen molar-refractivity contribution in [3.05, 3.63) is 0 Å². The average Bonchev–Trinajstić information content (AvgIpc) is 2.33. The molecule has 0 bridgehead atoms. The van der Waals surface area contributed by atoms with E-state index in [1.807, 2.05) is 0 Å². The molecule has 2 rings (SSSR count). The van der Waals surface area contributed by atoms with Crippen LogP contribution in [-0.4, -0.2) is 49.6 Å². The van der Waals surface area contributed by atoms with E-state index in [0.29, 0.717) is 0 Å². The molecule has 2 aliphatic rings. The highest BCUT2D eigenvalue weighted by Crippen LogP contribution is 2.29. The Bertz CT molecular complexity index is 146. The van der Waals surface area contributed by atoms with Gasteiger partial charge in [-0.2, -0.15) is 0 Å². The van der Waals surface area contributed by atoms with Crippen LogP contribution in [0.1, 0.15) is 12.8 Å². The van der Waals surface area contributed by atoms with Crippen LogP contribution in [0.5, 0.6) is 0 Å². The van der Waals surface area contributed by atoms with Gasteiger partial charge in [0.2, 0.25) is 0 Å². The highest BCUT2D eigenvalue weighted by Gasteiger charge is 2.34. The highest BCUT2D eigenvalue weighted by atomic mass is 15.2. The summed E-state index contributed by atoms with van der Waals surface area (Å²) in [6.07, 6.45) is 2.86. The van der Waals surface area contributed by atoms with Crippen LogP contribution < -0.4 is 0 Å². The minimum atomic E-state index is 0.869. The van der Waals surface area contributed by atoms with Gasteiger partial charge < -0.3 is 9.80 Å². The standard InChI is InChI=1S/C9H18N2/c1-10-5-3-8-4-6-11(2)9(8)7-10/h8-9H,3-7H2,1-2H3/t8-,9-/m1/s1. The summed E-state index contributed by atoms with van der Waals surface area (Å²) in [5.74, 6) is 1.01. The zero-order valence-electron chi connectivity index (χ0n) is 7.58. The van der Waals surface area contributed by atoms with E-state index in [1.165, 1.54) is 32.5 Å². The Balaban J connectivity index is 2.01. The van der Waals surface area contributed by atoms with Crippen molar-refractivity contribution in [3.8, 4) is 0 Å². The first-order valence-electron chi connectivity index (χ1n) is 4.66. The Hall–Kier alpha value is -0.0800. The highest BCUT2D eigenvalue weighted by molar-refractivity contribution is 4.90. The van der Waals surface area contributed by atoms with Gasteiger partial charge in [-0.25, -0.2) is 0 Å². The fraction of sp³-hybridized carbons (Fsp3) is 1.00. The summed E-state index contributed by atoms with van der Waals surface area (Å²) in [7, 11) is 4.51. The van der Waals surface area contributed by atoms with Gasteiger partial charge in [-0.15, -0.1) is 0 Å².